The Bertz CT molecular complexity index is 791. The van der Waals surface area contributed by atoms with E-state index in [9.17, 15) is 9.59 Å². The van der Waals surface area contributed by atoms with Gasteiger partial charge in [-0.2, -0.15) is 5.10 Å². The molecule has 11 heteroatoms. The molecule has 0 saturated heterocycles. The molecule has 0 aliphatic rings. The number of nitrogens with zero attached hydrogens (tertiary/aromatic N) is 2. The maximum Gasteiger partial charge on any atom is 0.406 e. The number of carbonyl (C=O) groups excluding carboxylic acids is 2. The zero-order valence-electron chi connectivity index (χ0n) is 18.0. The van der Waals surface area contributed by atoms with Crippen LogP contribution in [0.15, 0.2) is 42.6 Å². The van der Waals surface area contributed by atoms with E-state index in [1.54, 1.807) is 42.6 Å². The normalized spacial score (nSPS) is 10.4. The van der Waals surface area contributed by atoms with E-state index >= 15 is 0 Å². The smallest absolute Gasteiger partial charge is 0.406 e. The van der Waals surface area contributed by atoms with E-state index in [1.807, 2.05) is 0 Å². The number of nitrogens with one attached hydrogen (secondary N) is 3. The van der Waals surface area contributed by atoms with Gasteiger partial charge < -0.3 is 34.9 Å². The van der Waals surface area contributed by atoms with Crippen LogP contribution in [0.25, 0.3) is 0 Å². The third kappa shape index (κ3) is 10.7. The van der Waals surface area contributed by atoms with Crippen molar-refractivity contribution >= 4 is 23.5 Å². The minimum Gasteiger partial charge on any atom is -0.447 e. The van der Waals surface area contributed by atoms with Crippen LogP contribution in [0.4, 0.5) is 16.3 Å². The van der Waals surface area contributed by atoms with Crippen LogP contribution in [0.2, 0.25) is 0 Å². The van der Waals surface area contributed by atoms with Crippen LogP contribution in [0.3, 0.4) is 0 Å². The van der Waals surface area contributed by atoms with Gasteiger partial charge in [0, 0.05) is 31.0 Å². The Morgan fingerprint density at radius 1 is 0.875 bits per heavy atom. The fourth-order valence-electron chi connectivity index (χ4n) is 2.37. The second kappa shape index (κ2) is 15.5. The van der Waals surface area contributed by atoms with Crippen LogP contribution in [-0.2, 0) is 18.9 Å². The summed E-state index contributed by atoms with van der Waals surface area (Å²) in [4.78, 5) is 23.0. The number of amides is 2. The van der Waals surface area contributed by atoms with Gasteiger partial charge in [-0.1, -0.05) is 0 Å². The molecule has 11 nitrogen and oxygen atoms in total. The Labute approximate surface area is 186 Å². The zero-order chi connectivity index (χ0) is 22.9. The van der Waals surface area contributed by atoms with Crippen LogP contribution in [0, 0.1) is 0 Å². The Balaban J connectivity index is 1.45. The lowest BCUT2D eigenvalue weighted by atomic mass is 10.2. The molecule has 2 rings (SSSR count). The third-order valence-corrected chi connectivity index (χ3v) is 3.93. The molecule has 1 heterocycles. The number of anilines is 2. The van der Waals surface area contributed by atoms with Crippen LogP contribution in [-0.4, -0.2) is 82.0 Å². The summed E-state index contributed by atoms with van der Waals surface area (Å²) in [5.41, 5.74) is 1.37. The number of ether oxygens (including phenoxy) is 4. The van der Waals surface area contributed by atoms with Crippen LogP contribution in [0.5, 0.6) is 0 Å². The maximum absolute atomic E-state index is 12.2. The van der Waals surface area contributed by atoms with Gasteiger partial charge >= 0.3 is 6.09 Å². The van der Waals surface area contributed by atoms with Crippen molar-refractivity contribution in [3.8, 4) is 0 Å². The predicted octanol–water partition coefficient (Wildman–Crippen LogP) is 1.36. The molecule has 1 aromatic heterocycles. The molecule has 0 aliphatic carbocycles. The van der Waals surface area contributed by atoms with Crippen LogP contribution < -0.4 is 16.0 Å². The molecule has 174 valence electrons. The minimum atomic E-state index is -0.483. The predicted molar refractivity (Wildman–Crippen MR) is 117 cm³/mol. The number of hydrogen-bond acceptors (Lipinski definition) is 9. The zero-order valence-corrected chi connectivity index (χ0v) is 18.0. The molecule has 0 saturated carbocycles. The molecular weight excluding hydrogens is 418 g/mol. The van der Waals surface area contributed by atoms with Gasteiger partial charge in [0.25, 0.3) is 5.91 Å². The van der Waals surface area contributed by atoms with Gasteiger partial charge in [-0.3, -0.25) is 4.79 Å². The second-order valence-electron chi connectivity index (χ2n) is 6.29. The average molecular weight is 447 g/mol. The fraction of sp³-hybridized carbons (Fsp3) is 0.429. The van der Waals surface area contributed by atoms with E-state index < -0.39 is 6.09 Å². The molecule has 2 amide bonds. The van der Waals surface area contributed by atoms with Gasteiger partial charge in [0.2, 0.25) is 0 Å². The quantitative estimate of drug-likeness (QED) is 0.346. The summed E-state index contributed by atoms with van der Waals surface area (Å²) in [5, 5.41) is 16.0. The molecule has 0 fully saturated rings. The van der Waals surface area contributed by atoms with Gasteiger partial charge in [0.15, 0.2) is 5.82 Å². The molecule has 0 unspecified atom stereocenters. The van der Waals surface area contributed by atoms with E-state index in [-0.39, 0.29) is 12.5 Å². The summed E-state index contributed by atoms with van der Waals surface area (Å²) in [6.07, 6.45) is 1.12. The summed E-state index contributed by atoms with van der Waals surface area (Å²) in [5.74, 6) is 0.458. The first-order valence-electron chi connectivity index (χ1n) is 10.2. The monoisotopic (exact) mass is 447 g/mol. The van der Waals surface area contributed by atoms with Gasteiger partial charge in [-0.05, 0) is 36.4 Å². The molecule has 1 aromatic carbocycles. The summed E-state index contributed by atoms with van der Waals surface area (Å²) >= 11 is 0. The molecule has 2 aromatic rings. The number of hydrogen-bond donors (Lipinski definition) is 3. The number of rotatable bonds is 15. The molecule has 0 atom stereocenters. The molecule has 32 heavy (non-hydrogen) atoms. The van der Waals surface area contributed by atoms with E-state index in [0.29, 0.717) is 57.6 Å². The summed E-state index contributed by atoms with van der Waals surface area (Å²) in [7, 11) is 1.49. The van der Waals surface area contributed by atoms with Crippen molar-refractivity contribution in [3.05, 3.63) is 48.2 Å². The Morgan fingerprint density at radius 2 is 1.53 bits per heavy atom. The van der Waals surface area contributed by atoms with Crippen LogP contribution in [0.1, 0.15) is 10.4 Å². The highest BCUT2D eigenvalue weighted by atomic mass is 16.6. The van der Waals surface area contributed by atoms with Gasteiger partial charge in [0.1, 0.15) is 6.61 Å². The van der Waals surface area contributed by atoms with E-state index in [4.69, 9.17) is 18.9 Å². The average Bonchev–Trinajstić information content (AvgIpc) is 2.82. The maximum atomic E-state index is 12.2. The van der Waals surface area contributed by atoms with Gasteiger partial charge in [0.05, 0.1) is 39.6 Å². The first kappa shape index (κ1) is 25.0. The molecule has 0 aliphatic heterocycles. The molecule has 0 bridgehead atoms. The van der Waals surface area contributed by atoms with Crippen molar-refractivity contribution in [1.82, 2.24) is 20.8 Å². The number of aromatic nitrogens is 2. The van der Waals surface area contributed by atoms with Crippen molar-refractivity contribution < 1.29 is 28.5 Å². The fourth-order valence-corrected chi connectivity index (χ4v) is 2.37. The van der Waals surface area contributed by atoms with Crippen molar-refractivity contribution in [2.75, 3.05) is 65.2 Å². The summed E-state index contributed by atoms with van der Waals surface area (Å²) < 4.78 is 20.8. The molecule has 0 spiro atoms. The second-order valence-corrected chi connectivity index (χ2v) is 6.29. The third-order valence-electron chi connectivity index (χ3n) is 3.93. The lowest BCUT2D eigenvalue weighted by Gasteiger charge is -2.09. The first-order valence-corrected chi connectivity index (χ1v) is 10.2. The number of carbonyl (C=O) groups is 2. The minimum absolute atomic E-state index is 0.173. The van der Waals surface area contributed by atoms with Gasteiger partial charge in [-0.25, -0.2) is 4.79 Å². The topological polar surface area (TPSA) is 133 Å². The first-order chi connectivity index (χ1) is 15.7. The standard InChI is InChI=1S/C21H29N5O6/c1-22-21(28)32-16-15-31-14-13-30-12-11-29-10-9-23-20(27)17-4-6-18(7-5-17)25-19-3-2-8-24-26-19/h2-8H,9-16H2,1H3,(H,22,28)(H,23,27)(H,25,26). The van der Waals surface area contributed by atoms with E-state index in [2.05, 4.69) is 26.1 Å². The van der Waals surface area contributed by atoms with Crippen LogP contribution >= 0.6 is 0 Å². The highest BCUT2D eigenvalue weighted by Crippen LogP contribution is 2.14. The lowest BCUT2D eigenvalue weighted by Crippen LogP contribution is -2.27. The molecule has 3 N–H and O–H groups in total. The summed E-state index contributed by atoms with van der Waals surface area (Å²) in [6.45, 7) is 2.95. The molecular formula is C21H29N5O6. The Hall–Kier alpha value is -3.28. The highest BCUT2D eigenvalue weighted by molar-refractivity contribution is 5.94. The number of alkyl carbamates (subject to hydrolysis) is 1. The Morgan fingerprint density at radius 3 is 2.16 bits per heavy atom. The SMILES string of the molecule is CNC(=O)OCCOCCOCCOCCNC(=O)c1ccc(Nc2cccnn2)cc1. The van der Waals surface area contributed by atoms with E-state index in [1.165, 1.54) is 7.05 Å². The Kier molecular flexibility index (Phi) is 12.1. The van der Waals surface area contributed by atoms with E-state index in [0.717, 1.165) is 5.69 Å². The summed E-state index contributed by atoms with van der Waals surface area (Å²) in [6, 6.07) is 10.7. The van der Waals surface area contributed by atoms with Crippen molar-refractivity contribution in [1.29, 1.82) is 0 Å². The molecule has 0 radical (unpaired) electrons. The largest absolute Gasteiger partial charge is 0.447 e. The van der Waals surface area contributed by atoms with Crippen molar-refractivity contribution in [2.24, 2.45) is 0 Å². The van der Waals surface area contributed by atoms with Crippen molar-refractivity contribution in [3.63, 3.8) is 0 Å². The lowest BCUT2D eigenvalue weighted by molar-refractivity contribution is 0.00631. The highest BCUT2D eigenvalue weighted by Gasteiger charge is 2.05. The number of benzene rings is 1. The van der Waals surface area contributed by atoms with Gasteiger partial charge in [-0.15, -0.1) is 5.10 Å². The van der Waals surface area contributed by atoms with Crippen molar-refractivity contribution in [2.45, 2.75) is 0 Å².